The molecule has 0 N–H and O–H groups in total. The molecule has 6 nitrogen and oxygen atoms in total. The molecule has 9 heteroatoms. The molecular formula is C15H11ClN4O2S2. The topological polar surface area (TPSA) is 84.8 Å². The highest BCUT2D eigenvalue weighted by molar-refractivity contribution is 8.00. The van der Waals surface area contributed by atoms with Crippen molar-refractivity contribution in [3.05, 3.63) is 45.9 Å². The van der Waals surface area contributed by atoms with Gasteiger partial charge in [0.05, 0.1) is 0 Å². The highest BCUT2D eigenvalue weighted by Gasteiger charge is 2.17. The second kappa shape index (κ2) is 7.21. The summed E-state index contributed by atoms with van der Waals surface area (Å²) in [6, 6.07) is 7.99. The number of benzene rings is 1. The van der Waals surface area contributed by atoms with E-state index >= 15 is 0 Å². The molecule has 122 valence electrons. The van der Waals surface area contributed by atoms with Crippen molar-refractivity contribution in [1.82, 2.24) is 14.6 Å². The van der Waals surface area contributed by atoms with Crippen LogP contribution in [0.1, 0.15) is 22.6 Å². The van der Waals surface area contributed by atoms with E-state index in [4.69, 9.17) is 26.0 Å². The Kier molecular flexibility index (Phi) is 5.04. The SMILES string of the molecule is Cc1ccc(C)c(OCc2nnc(Sc3snc(Cl)c3C#N)o2)c1. The zero-order valence-corrected chi connectivity index (χ0v) is 15.1. The Morgan fingerprint density at radius 1 is 1.38 bits per heavy atom. The molecule has 0 fully saturated rings. The van der Waals surface area contributed by atoms with Gasteiger partial charge in [-0.1, -0.05) is 23.7 Å². The lowest BCUT2D eigenvalue weighted by Crippen LogP contribution is -1.97. The molecular weight excluding hydrogens is 368 g/mol. The zero-order chi connectivity index (χ0) is 17.1. The molecule has 0 aliphatic carbocycles. The Labute approximate surface area is 151 Å². The molecule has 0 radical (unpaired) electrons. The van der Waals surface area contributed by atoms with E-state index in [1.165, 1.54) is 0 Å². The Hall–Kier alpha value is -2.08. The van der Waals surface area contributed by atoms with Crippen molar-refractivity contribution in [3.8, 4) is 11.8 Å². The summed E-state index contributed by atoms with van der Waals surface area (Å²) >= 11 is 8.12. The predicted molar refractivity (Wildman–Crippen MR) is 90.5 cm³/mol. The maximum atomic E-state index is 9.06. The zero-order valence-electron chi connectivity index (χ0n) is 12.7. The number of nitrogens with zero attached hydrogens (tertiary/aromatic N) is 4. The number of rotatable bonds is 5. The number of halogens is 1. The first-order chi connectivity index (χ1) is 11.6. The smallest absolute Gasteiger partial charge is 0.282 e. The minimum absolute atomic E-state index is 0.173. The molecule has 0 unspecified atom stereocenters. The Balaban J connectivity index is 1.67. The van der Waals surface area contributed by atoms with Gasteiger partial charge >= 0.3 is 0 Å². The lowest BCUT2D eigenvalue weighted by Gasteiger charge is -2.07. The maximum absolute atomic E-state index is 9.06. The number of aryl methyl sites for hydroxylation is 2. The van der Waals surface area contributed by atoms with Crippen LogP contribution in [-0.2, 0) is 6.61 Å². The van der Waals surface area contributed by atoms with E-state index in [1.54, 1.807) is 0 Å². The van der Waals surface area contributed by atoms with Gasteiger partial charge in [0.25, 0.3) is 11.1 Å². The van der Waals surface area contributed by atoms with Gasteiger partial charge in [0.15, 0.2) is 11.8 Å². The van der Waals surface area contributed by atoms with Gasteiger partial charge in [0.1, 0.15) is 21.6 Å². The third-order valence-electron chi connectivity index (χ3n) is 3.05. The van der Waals surface area contributed by atoms with E-state index < -0.39 is 0 Å². The molecule has 3 aromatic rings. The van der Waals surface area contributed by atoms with Gasteiger partial charge in [0.2, 0.25) is 0 Å². The van der Waals surface area contributed by atoms with E-state index in [1.807, 2.05) is 38.1 Å². The first-order valence-electron chi connectivity index (χ1n) is 6.82. The average Bonchev–Trinajstić information content (AvgIpc) is 3.15. The molecule has 0 spiro atoms. The maximum Gasteiger partial charge on any atom is 0.282 e. The van der Waals surface area contributed by atoms with Crippen LogP contribution in [0.2, 0.25) is 5.15 Å². The van der Waals surface area contributed by atoms with Crippen molar-refractivity contribution >= 4 is 34.9 Å². The van der Waals surface area contributed by atoms with Gasteiger partial charge < -0.3 is 9.15 Å². The van der Waals surface area contributed by atoms with Crippen LogP contribution < -0.4 is 4.74 Å². The molecule has 0 bridgehead atoms. The molecule has 3 rings (SSSR count). The number of hydrogen-bond donors (Lipinski definition) is 0. The molecule has 1 aromatic carbocycles. The summed E-state index contributed by atoms with van der Waals surface area (Å²) in [5.41, 5.74) is 2.47. The van der Waals surface area contributed by atoms with Crippen LogP contribution in [0.15, 0.2) is 32.0 Å². The van der Waals surface area contributed by atoms with Gasteiger partial charge in [-0.15, -0.1) is 10.2 Å². The van der Waals surface area contributed by atoms with Crippen molar-refractivity contribution in [1.29, 1.82) is 5.26 Å². The quantitative estimate of drug-likeness (QED) is 0.650. The Morgan fingerprint density at radius 3 is 3.00 bits per heavy atom. The summed E-state index contributed by atoms with van der Waals surface area (Å²) in [6.07, 6.45) is 0. The van der Waals surface area contributed by atoms with Gasteiger partial charge in [-0.3, -0.25) is 0 Å². The molecule has 0 amide bonds. The standard InChI is InChI=1S/C15H11ClN4O2S2/c1-8-3-4-9(2)11(5-8)21-7-12-18-19-15(22-12)23-14-10(6-17)13(16)20-24-14/h3-5H,7H2,1-2H3. The first-order valence-corrected chi connectivity index (χ1v) is 8.79. The van der Waals surface area contributed by atoms with Crippen molar-refractivity contribution in [3.63, 3.8) is 0 Å². The Morgan fingerprint density at radius 2 is 2.21 bits per heavy atom. The fourth-order valence-electron chi connectivity index (χ4n) is 1.84. The summed E-state index contributed by atoms with van der Waals surface area (Å²) < 4.78 is 15.8. The normalized spacial score (nSPS) is 10.6. The molecule has 2 aromatic heterocycles. The van der Waals surface area contributed by atoms with Gasteiger partial charge in [-0.2, -0.15) is 9.64 Å². The third kappa shape index (κ3) is 3.70. The van der Waals surface area contributed by atoms with Crippen molar-refractivity contribution in [2.24, 2.45) is 0 Å². The largest absolute Gasteiger partial charge is 0.484 e. The summed E-state index contributed by atoms with van der Waals surface area (Å²) in [5, 5.41) is 17.4. The molecule has 0 atom stereocenters. The number of nitriles is 1. The fourth-order valence-corrected chi connectivity index (χ4v) is 3.78. The van der Waals surface area contributed by atoms with E-state index in [2.05, 4.69) is 14.6 Å². The van der Waals surface area contributed by atoms with Crippen LogP contribution in [0.25, 0.3) is 0 Å². The van der Waals surface area contributed by atoms with Crippen LogP contribution in [0.5, 0.6) is 5.75 Å². The summed E-state index contributed by atoms with van der Waals surface area (Å²) in [7, 11) is 0. The van der Waals surface area contributed by atoms with Crippen LogP contribution >= 0.6 is 34.9 Å². The second-order valence-corrected chi connectivity index (χ2v) is 7.22. The van der Waals surface area contributed by atoms with Gasteiger partial charge in [0, 0.05) is 0 Å². The highest BCUT2D eigenvalue weighted by atomic mass is 35.5. The van der Waals surface area contributed by atoms with E-state index in [9.17, 15) is 0 Å². The van der Waals surface area contributed by atoms with E-state index in [0.717, 1.165) is 40.2 Å². The highest BCUT2D eigenvalue weighted by Crippen LogP contribution is 2.36. The minimum atomic E-state index is 0.173. The lowest BCUT2D eigenvalue weighted by molar-refractivity contribution is 0.250. The molecule has 2 heterocycles. The van der Waals surface area contributed by atoms with Crippen LogP contribution in [-0.4, -0.2) is 14.6 Å². The average molecular weight is 379 g/mol. The number of ether oxygens (including phenoxy) is 1. The molecule has 0 saturated heterocycles. The lowest BCUT2D eigenvalue weighted by atomic mass is 10.1. The first kappa shape index (κ1) is 16.8. The molecule has 0 saturated carbocycles. The van der Waals surface area contributed by atoms with Crippen LogP contribution in [0, 0.1) is 25.2 Å². The fraction of sp³-hybridized carbons (Fsp3) is 0.200. The van der Waals surface area contributed by atoms with Crippen molar-refractivity contribution in [2.75, 3.05) is 0 Å². The summed E-state index contributed by atoms with van der Waals surface area (Å²) in [5.74, 6) is 1.14. The molecule has 0 aliphatic rings. The second-order valence-electron chi connectivity index (χ2n) is 4.87. The third-order valence-corrected chi connectivity index (χ3v) is 5.27. The summed E-state index contributed by atoms with van der Waals surface area (Å²) in [4.78, 5) is 0. The van der Waals surface area contributed by atoms with Crippen LogP contribution in [0.4, 0.5) is 0 Å². The van der Waals surface area contributed by atoms with E-state index in [0.29, 0.717) is 20.9 Å². The van der Waals surface area contributed by atoms with Crippen molar-refractivity contribution < 1.29 is 9.15 Å². The van der Waals surface area contributed by atoms with E-state index in [-0.39, 0.29) is 11.8 Å². The van der Waals surface area contributed by atoms with Gasteiger partial charge in [-0.25, -0.2) is 0 Å². The minimum Gasteiger partial charge on any atom is -0.484 e. The number of hydrogen-bond acceptors (Lipinski definition) is 8. The van der Waals surface area contributed by atoms with Gasteiger partial charge in [-0.05, 0) is 54.3 Å². The molecule has 0 aliphatic heterocycles. The Bertz CT molecular complexity index is 917. The molecule has 24 heavy (non-hydrogen) atoms. The van der Waals surface area contributed by atoms with Crippen LogP contribution in [0.3, 0.4) is 0 Å². The summed E-state index contributed by atoms with van der Waals surface area (Å²) in [6.45, 7) is 4.15. The monoisotopic (exact) mass is 378 g/mol. The predicted octanol–water partition coefficient (Wildman–Crippen LogP) is 4.40. The van der Waals surface area contributed by atoms with Crippen molar-refractivity contribution in [2.45, 2.75) is 29.9 Å². The number of aromatic nitrogens is 3.